The molecule has 1 atom stereocenters. The molecule has 0 saturated carbocycles. The van der Waals surface area contributed by atoms with E-state index in [9.17, 15) is 9.90 Å². The van der Waals surface area contributed by atoms with Crippen LogP contribution in [0.3, 0.4) is 0 Å². The standard InChI is InChI=1S/C11H14N2O3/c1-8-7-16-3-2-13(8)11(15)9-4-10(14)6-12-5-9/h4-6,8,14H,2-3,7H2,1H3. The second kappa shape index (κ2) is 4.49. The lowest BCUT2D eigenvalue weighted by Crippen LogP contribution is -2.47. The Hall–Kier alpha value is -1.62. The van der Waals surface area contributed by atoms with E-state index in [1.54, 1.807) is 4.90 Å². The number of carbonyl (C=O) groups is 1. The smallest absolute Gasteiger partial charge is 0.255 e. The number of rotatable bonds is 1. The first-order chi connectivity index (χ1) is 7.68. The molecule has 1 unspecified atom stereocenters. The van der Waals surface area contributed by atoms with E-state index in [1.807, 2.05) is 6.92 Å². The minimum Gasteiger partial charge on any atom is -0.506 e. The summed E-state index contributed by atoms with van der Waals surface area (Å²) >= 11 is 0. The molecule has 16 heavy (non-hydrogen) atoms. The van der Waals surface area contributed by atoms with Gasteiger partial charge in [-0.1, -0.05) is 0 Å². The third kappa shape index (κ3) is 2.14. The average Bonchev–Trinajstić information content (AvgIpc) is 2.29. The van der Waals surface area contributed by atoms with Crippen molar-refractivity contribution in [3.8, 4) is 5.75 Å². The molecular formula is C11H14N2O3. The molecule has 5 heteroatoms. The number of morpholine rings is 1. The molecule has 0 radical (unpaired) electrons. The van der Waals surface area contributed by atoms with E-state index in [2.05, 4.69) is 4.98 Å². The summed E-state index contributed by atoms with van der Waals surface area (Å²) in [5.74, 6) is -0.106. The number of carbonyl (C=O) groups excluding carboxylic acids is 1. The van der Waals surface area contributed by atoms with Gasteiger partial charge in [-0.15, -0.1) is 0 Å². The highest BCUT2D eigenvalue weighted by atomic mass is 16.5. The predicted molar refractivity (Wildman–Crippen MR) is 57.2 cm³/mol. The summed E-state index contributed by atoms with van der Waals surface area (Å²) in [5.41, 5.74) is 0.411. The van der Waals surface area contributed by atoms with Gasteiger partial charge in [0.05, 0.1) is 31.0 Å². The van der Waals surface area contributed by atoms with Crippen molar-refractivity contribution in [1.29, 1.82) is 0 Å². The lowest BCUT2D eigenvalue weighted by atomic mass is 10.2. The van der Waals surface area contributed by atoms with E-state index in [1.165, 1.54) is 18.5 Å². The SMILES string of the molecule is CC1COCCN1C(=O)c1cncc(O)c1. The number of aromatic hydroxyl groups is 1. The Bertz CT molecular complexity index is 395. The largest absolute Gasteiger partial charge is 0.506 e. The summed E-state index contributed by atoms with van der Waals surface area (Å²) in [6.45, 7) is 3.63. The van der Waals surface area contributed by atoms with Crippen molar-refractivity contribution in [3.05, 3.63) is 24.0 Å². The van der Waals surface area contributed by atoms with Crippen LogP contribution in [0.25, 0.3) is 0 Å². The van der Waals surface area contributed by atoms with E-state index in [4.69, 9.17) is 4.74 Å². The van der Waals surface area contributed by atoms with Gasteiger partial charge in [0.1, 0.15) is 5.75 Å². The van der Waals surface area contributed by atoms with E-state index in [0.717, 1.165) is 0 Å². The molecule has 0 aliphatic carbocycles. The van der Waals surface area contributed by atoms with Gasteiger partial charge in [0.25, 0.3) is 5.91 Å². The Morgan fingerprint density at radius 1 is 1.62 bits per heavy atom. The first-order valence-electron chi connectivity index (χ1n) is 5.21. The van der Waals surface area contributed by atoms with Crippen LogP contribution in [0, 0.1) is 0 Å². The summed E-state index contributed by atoms with van der Waals surface area (Å²) in [6.07, 6.45) is 2.77. The van der Waals surface area contributed by atoms with Crippen molar-refractivity contribution in [2.75, 3.05) is 19.8 Å². The van der Waals surface area contributed by atoms with E-state index >= 15 is 0 Å². The molecule has 1 saturated heterocycles. The van der Waals surface area contributed by atoms with Crippen LogP contribution in [0.15, 0.2) is 18.5 Å². The minimum absolute atomic E-state index is 0.00626. The van der Waals surface area contributed by atoms with E-state index in [-0.39, 0.29) is 17.7 Å². The normalized spacial score (nSPS) is 20.8. The molecule has 1 N–H and O–H groups in total. The van der Waals surface area contributed by atoms with E-state index < -0.39 is 0 Å². The second-order valence-corrected chi connectivity index (χ2v) is 3.85. The molecule has 1 amide bonds. The van der Waals surface area contributed by atoms with Crippen LogP contribution in [0.4, 0.5) is 0 Å². The van der Waals surface area contributed by atoms with Gasteiger partial charge >= 0.3 is 0 Å². The highest BCUT2D eigenvalue weighted by Crippen LogP contribution is 2.14. The van der Waals surface area contributed by atoms with Crippen molar-refractivity contribution in [1.82, 2.24) is 9.88 Å². The van der Waals surface area contributed by atoms with Gasteiger partial charge in [0.2, 0.25) is 0 Å². The van der Waals surface area contributed by atoms with Gasteiger partial charge in [-0.3, -0.25) is 9.78 Å². The van der Waals surface area contributed by atoms with Gasteiger partial charge in [-0.25, -0.2) is 0 Å². The summed E-state index contributed by atoms with van der Waals surface area (Å²) < 4.78 is 5.26. The molecule has 0 aromatic carbocycles. The van der Waals surface area contributed by atoms with Gasteiger partial charge < -0.3 is 14.7 Å². The Balaban J connectivity index is 2.17. The van der Waals surface area contributed by atoms with Crippen LogP contribution < -0.4 is 0 Å². The lowest BCUT2D eigenvalue weighted by Gasteiger charge is -2.33. The number of aromatic nitrogens is 1. The molecular weight excluding hydrogens is 208 g/mol. The van der Waals surface area contributed by atoms with Crippen LogP contribution in [-0.2, 0) is 4.74 Å². The zero-order chi connectivity index (χ0) is 11.5. The summed E-state index contributed by atoms with van der Waals surface area (Å²) in [7, 11) is 0. The van der Waals surface area contributed by atoms with Gasteiger partial charge in [0.15, 0.2) is 0 Å². The van der Waals surface area contributed by atoms with E-state index in [0.29, 0.717) is 25.3 Å². The minimum atomic E-state index is -0.112. The zero-order valence-corrected chi connectivity index (χ0v) is 9.09. The number of amides is 1. The maximum absolute atomic E-state index is 12.1. The molecule has 1 aliphatic heterocycles. The highest BCUT2D eigenvalue weighted by molar-refractivity contribution is 5.94. The Kier molecular flexibility index (Phi) is 3.05. The molecule has 1 aliphatic rings. The Morgan fingerprint density at radius 3 is 3.12 bits per heavy atom. The number of hydrogen-bond donors (Lipinski definition) is 1. The fourth-order valence-electron chi connectivity index (χ4n) is 1.74. The predicted octanol–water partition coefficient (Wildman–Crippen LogP) is 0.648. The molecule has 0 bridgehead atoms. The third-order valence-corrected chi connectivity index (χ3v) is 2.60. The van der Waals surface area contributed by atoms with Crippen LogP contribution in [0.1, 0.15) is 17.3 Å². The fraction of sp³-hybridized carbons (Fsp3) is 0.455. The number of pyridine rings is 1. The molecule has 86 valence electrons. The Morgan fingerprint density at radius 2 is 2.44 bits per heavy atom. The van der Waals surface area contributed by atoms with Crippen molar-refractivity contribution in [3.63, 3.8) is 0 Å². The number of ether oxygens (including phenoxy) is 1. The number of nitrogens with zero attached hydrogens (tertiary/aromatic N) is 2. The molecule has 2 rings (SSSR count). The van der Waals surface area contributed by atoms with Gasteiger partial charge in [-0.05, 0) is 13.0 Å². The van der Waals surface area contributed by atoms with Crippen molar-refractivity contribution >= 4 is 5.91 Å². The monoisotopic (exact) mass is 222 g/mol. The first-order valence-corrected chi connectivity index (χ1v) is 5.21. The van der Waals surface area contributed by atoms with Crippen LogP contribution in [0.5, 0.6) is 5.75 Å². The molecule has 1 fully saturated rings. The fourth-order valence-corrected chi connectivity index (χ4v) is 1.74. The van der Waals surface area contributed by atoms with Gasteiger partial charge in [-0.2, -0.15) is 0 Å². The summed E-state index contributed by atoms with van der Waals surface area (Å²) in [6, 6.07) is 1.49. The van der Waals surface area contributed by atoms with Crippen molar-refractivity contribution in [2.45, 2.75) is 13.0 Å². The van der Waals surface area contributed by atoms with Crippen LogP contribution >= 0.6 is 0 Å². The molecule has 5 nitrogen and oxygen atoms in total. The van der Waals surface area contributed by atoms with Crippen LogP contribution in [0.2, 0.25) is 0 Å². The molecule has 1 aromatic heterocycles. The maximum Gasteiger partial charge on any atom is 0.255 e. The molecule has 0 spiro atoms. The summed E-state index contributed by atoms with van der Waals surface area (Å²) in [5, 5.41) is 9.27. The highest BCUT2D eigenvalue weighted by Gasteiger charge is 2.24. The number of hydrogen-bond acceptors (Lipinski definition) is 4. The van der Waals surface area contributed by atoms with Crippen molar-refractivity contribution in [2.24, 2.45) is 0 Å². The summed E-state index contributed by atoms with van der Waals surface area (Å²) in [4.78, 5) is 17.6. The van der Waals surface area contributed by atoms with Crippen LogP contribution in [-0.4, -0.2) is 46.7 Å². The maximum atomic E-state index is 12.1. The molecule has 2 heterocycles. The average molecular weight is 222 g/mol. The van der Waals surface area contributed by atoms with Crippen molar-refractivity contribution < 1.29 is 14.6 Å². The Labute approximate surface area is 93.7 Å². The molecule has 1 aromatic rings. The lowest BCUT2D eigenvalue weighted by molar-refractivity contribution is 0.00355. The topological polar surface area (TPSA) is 62.7 Å². The zero-order valence-electron chi connectivity index (χ0n) is 9.09. The quantitative estimate of drug-likeness (QED) is 0.757. The second-order valence-electron chi connectivity index (χ2n) is 3.85. The first kappa shape index (κ1) is 10.9. The third-order valence-electron chi connectivity index (χ3n) is 2.60. The van der Waals surface area contributed by atoms with Gasteiger partial charge in [0, 0.05) is 12.7 Å².